The van der Waals surface area contributed by atoms with E-state index in [-0.39, 0.29) is 6.61 Å². The summed E-state index contributed by atoms with van der Waals surface area (Å²) in [4.78, 5) is 9.01. The Morgan fingerprint density at radius 2 is 1.64 bits per heavy atom. The van der Waals surface area contributed by atoms with Gasteiger partial charge in [-0.15, -0.1) is 0 Å². The lowest BCUT2D eigenvalue weighted by Crippen LogP contribution is -2.36. The molecule has 17 heteroatoms. The van der Waals surface area contributed by atoms with Crippen LogP contribution in [0.2, 0.25) is 0 Å². The third-order valence-electron chi connectivity index (χ3n) is 4.43. The van der Waals surface area contributed by atoms with Crippen molar-refractivity contribution in [2.24, 2.45) is 0 Å². The number of aliphatic hydroxyl groups excluding tert-OH is 1. The minimum absolute atomic E-state index is 0.264. The fraction of sp³-hybridized carbons (Fsp3) is 1.00. The number of rotatable bonds is 9. The van der Waals surface area contributed by atoms with Gasteiger partial charge in [0.25, 0.3) is 0 Å². The van der Waals surface area contributed by atoms with Crippen LogP contribution < -0.4 is 0 Å². The zero-order valence-electron chi connectivity index (χ0n) is 15.4. The second kappa shape index (κ2) is 10.0. The fourth-order valence-corrected chi connectivity index (χ4v) is 5.10. The average molecular weight is 482 g/mol. The van der Waals surface area contributed by atoms with Crippen molar-refractivity contribution in [3.63, 3.8) is 0 Å². The number of alkyl halides is 1. The van der Waals surface area contributed by atoms with Crippen molar-refractivity contribution >= 4 is 53.8 Å². The lowest BCUT2D eigenvalue weighted by molar-refractivity contribution is -0.0302. The van der Waals surface area contributed by atoms with Crippen LogP contribution in [0.4, 0.5) is 4.39 Å². The molecule has 2 fully saturated rings. The molecule has 2 N–H and O–H groups in total. The van der Waals surface area contributed by atoms with Crippen molar-refractivity contribution in [1.82, 2.24) is 0 Å². The Morgan fingerprint density at radius 3 is 2.21 bits per heavy atom. The third kappa shape index (κ3) is 6.70. The Balaban J connectivity index is 1.90. The molecule has 0 aliphatic carbocycles. The normalized spacial score (nSPS) is 42.9. The van der Waals surface area contributed by atoms with E-state index in [4.69, 9.17) is 28.2 Å². The molecule has 0 bridgehead atoms. The van der Waals surface area contributed by atoms with Gasteiger partial charge in [0.15, 0.2) is 6.17 Å². The second-order valence-electron chi connectivity index (χ2n) is 6.52. The van der Waals surface area contributed by atoms with Gasteiger partial charge in [-0.2, -0.15) is 0 Å². The smallest absolute Gasteiger partial charge is 0.386 e. The van der Waals surface area contributed by atoms with Gasteiger partial charge in [0.2, 0.25) is 0 Å². The predicted molar refractivity (Wildman–Crippen MR) is 108 cm³/mol. The second-order valence-corrected chi connectivity index (χ2v) is 12.1. The number of hydrogen-bond donors (Lipinski definition) is 4. The van der Waals surface area contributed by atoms with Crippen LogP contribution in [0.1, 0.15) is 0 Å². The maximum absolute atomic E-state index is 14.6. The summed E-state index contributed by atoms with van der Waals surface area (Å²) in [5, 5.41) is 9.95. The van der Waals surface area contributed by atoms with Crippen LogP contribution in [0.25, 0.3) is 0 Å². The predicted octanol–water partition coefficient (Wildman–Crippen LogP) is -1.10. The van der Waals surface area contributed by atoms with E-state index in [1.54, 1.807) is 7.85 Å². The molecule has 2 aliphatic rings. The molecular formula is C11H23B2FO10P2S2. The summed E-state index contributed by atoms with van der Waals surface area (Å²) in [6.45, 7) is -8.93. The maximum atomic E-state index is 14.6. The molecular weight excluding hydrogens is 459 g/mol. The first-order valence-electron chi connectivity index (χ1n) is 8.36. The molecule has 0 spiro atoms. The van der Waals surface area contributed by atoms with Gasteiger partial charge in [0, 0.05) is 7.11 Å². The lowest BCUT2D eigenvalue weighted by Gasteiger charge is -2.24. The summed E-state index contributed by atoms with van der Waals surface area (Å²) in [5.74, 6) is 0. The standard InChI is InChI=1S/C11H23B2FO10P2S2/c1-19-8-5(23-10(12)7(8)15)3-21-26(18,28)24-9-6(14)4(22-11(9)13)2-20-25(16,17)27/h4-11,15H,2-3,12-13H2,1H3,(H,18,28)(H2,16,17,27)/t4-,5-,6?,7+,8?,9+,10-,11-,26?/m1/s1. The van der Waals surface area contributed by atoms with E-state index in [0.29, 0.717) is 0 Å². The highest BCUT2D eigenvalue weighted by molar-refractivity contribution is 8.44. The first-order valence-corrected chi connectivity index (χ1v) is 13.8. The summed E-state index contributed by atoms with van der Waals surface area (Å²) in [5.41, 5.74) is 0. The highest BCUT2D eigenvalue weighted by Gasteiger charge is 2.48. The molecule has 0 amide bonds. The first kappa shape index (κ1) is 25.2. The van der Waals surface area contributed by atoms with Crippen molar-refractivity contribution in [3.8, 4) is 0 Å². The number of halogens is 1. The quantitative estimate of drug-likeness (QED) is 0.183. The molecule has 162 valence electrons. The van der Waals surface area contributed by atoms with Crippen molar-refractivity contribution in [2.45, 2.75) is 48.7 Å². The van der Waals surface area contributed by atoms with Crippen LogP contribution in [0.3, 0.4) is 0 Å². The van der Waals surface area contributed by atoms with E-state index in [2.05, 4.69) is 29.0 Å². The highest BCUT2D eigenvalue weighted by atomic mass is 32.7. The third-order valence-corrected chi connectivity index (χ3v) is 6.88. The summed E-state index contributed by atoms with van der Waals surface area (Å²) in [6.07, 6.45) is -6.62. The monoisotopic (exact) mass is 482 g/mol. The molecule has 28 heavy (non-hydrogen) atoms. The van der Waals surface area contributed by atoms with Gasteiger partial charge < -0.3 is 24.2 Å². The number of hydrogen-bond acceptors (Lipinski definition) is 9. The van der Waals surface area contributed by atoms with Gasteiger partial charge in [0.05, 0.1) is 25.2 Å². The van der Waals surface area contributed by atoms with E-state index in [1.807, 2.05) is 0 Å². The van der Waals surface area contributed by atoms with Crippen molar-refractivity contribution in [1.29, 1.82) is 0 Å². The Hall–Kier alpha value is 0.900. The van der Waals surface area contributed by atoms with Gasteiger partial charge in [-0.1, -0.05) is 24.5 Å². The van der Waals surface area contributed by atoms with Gasteiger partial charge in [-0.3, -0.25) is 13.6 Å². The Bertz CT molecular complexity index is 632. The Morgan fingerprint density at radius 1 is 1.07 bits per heavy atom. The largest absolute Gasteiger partial charge is 0.388 e. The van der Waals surface area contributed by atoms with Crippen LogP contribution in [0.5, 0.6) is 0 Å². The first-order chi connectivity index (χ1) is 12.8. The van der Waals surface area contributed by atoms with E-state index in [0.717, 1.165) is 0 Å². The summed E-state index contributed by atoms with van der Waals surface area (Å²) >= 11 is 7.18. The maximum Gasteiger partial charge on any atom is 0.386 e. The minimum atomic E-state index is -4.10. The molecule has 2 rings (SSSR count). The van der Waals surface area contributed by atoms with Gasteiger partial charge >= 0.3 is 13.6 Å². The van der Waals surface area contributed by atoms with E-state index in [9.17, 15) is 18.6 Å². The summed E-state index contributed by atoms with van der Waals surface area (Å²) in [7, 11) is 4.52. The molecule has 2 saturated heterocycles. The molecule has 0 aromatic carbocycles. The van der Waals surface area contributed by atoms with E-state index in [1.165, 1.54) is 15.0 Å². The molecule has 0 aromatic rings. The van der Waals surface area contributed by atoms with Crippen molar-refractivity contribution in [3.05, 3.63) is 0 Å². The van der Waals surface area contributed by atoms with Gasteiger partial charge in [-0.25, -0.2) is 13.5 Å². The molecule has 0 saturated carbocycles. The average Bonchev–Trinajstić information content (AvgIpc) is 3.00. The Labute approximate surface area is 174 Å². The topological polar surface area (TPSA) is 130 Å². The minimum Gasteiger partial charge on any atom is -0.388 e. The summed E-state index contributed by atoms with van der Waals surface area (Å²) < 4.78 is 69.0. The molecule has 0 radical (unpaired) electrons. The van der Waals surface area contributed by atoms with E-state index >= 15 is 0 Å². The molecule has 2 aliphatic heterocycles. The number of methoxy groups -OCH3 is 1. The number of aliphatic hydroxyl groups is 1. The van der Waals surface area contributed by atoms with Crippen molar-refractivity contribution < 1.29 is 51.3 Å². The van der Waals surface area contributed by atoms with Crippen LogP contribution in [0.15, 0.2) is 0 Å². The van der Waals surface area contributed by atoms with Crippen LogP contribution in [-0.2, 0) is 36.9 Å². The van der Waals surface area contributed by atoms with E-state index < -0.39 is 68.9 Å². The Kier molecular flexibility index (Phi) is 9.00. The fourth-order valence-electron chi connectivity index (χ4n) is 3.04. The zero-order chi connectivity index (χ0) is 21.3. The van der Waals surface area contributed by atoms with Gasteiger partial charge in [-0.05, 0) is 0 Å². The number of ether oxygens (including phenoxy) is 3. The number of thiol groups is 2. The molecule has 10 nitrogen and oxygen atoms in total. The van der Waals surface area contributed by atoms with Crippen LogP contribution >= 0.6 is 38.1 Å². The molecule has 4 unspecified atom stereocenters. The molecule has 0 aromatic heterocycles. The summed E-state index contributed by atoms with van der Waals surface area (Å²) in [6, 6.07) is -1.35. The molecule has 10 atom stereocenters. The van der Waals surface area contributed by atoms with Gasteiger partial charge in [0.1, 0.15) is 46.2 Å². The lowest BCUT2D eigenvalue weighted by atomic mass is 9.93. The van der Waals surface area contributed by atoms with Crippen LogP contribution in [0, 0.1) is 0 Å². The van der Waals surface area contributed by atoms with Crippen molar-refractivity contribution in [2.75, 3.05) is 20.3 Å². The highest BCUT2D eigenvalue weighted by Crippen LogP contribution is 2.56. The zero-order valence-corrected chi connectivity index (χ0v) is 18.9. The van der Waals surface area contributed by atoms with Crippen LogP contribution in [-0.4, -0.2) is 94.7 Å². The molecule has 2 heterocycles. The SMILES string of the molecule is B[C@@H]1O[C@H](COP(=O)(S)O[C@H]2C(F)[C@@H](COP(=O)(O)S)O[C@H]2B)C(OC)[C@@H]1O.